The zero-order chi connectivity index (χ0) is 18.1. The van der Waals surface area contributed by atoms with Crippen LogP contribution in [0.5, 0.6) is 0 Å². The molecule has 0 radical (unpaired) electrons. The number of benzene rings is 1. The number of nitrogens with one attached hydrogen (secondary N) is 1. The number of hydrogen-bond donors (Lipinski definition) is 1. The lowest BCUT2D eigenvalue weighted by Crippen LogP contribution is -2.45. The summed E-state index contributed by atoms with van der Waals surface area (Å²) in [6, 6.07) is 4.17. The highest BCUT2D eigenvalue weighted by molar-refractivity contribution is 7.88. The fourth-order valence-corrected chi connectivity index (χ4v) is 4.23. The van der Waals surface area contributed by atoms with Crippen LogP contribution in [-0.2, 0) is 14.8 Å². The maximum Gasteiger partial charge on any atom is 0.224 e. The van der Waals surface area contributed by atoms with Gasteiger partial charge in [0.25, 0.3) is 0 Å². The number of nitrogens with zero attached hydrogens (tertiary/aromatic N) is 1. The Balaban J connectivity index is 2.08. The van der Waals surface area contributed by atoms with E-state index in [-0.39, 0.29) is 24.4 Å². The molecule has 1 heterocycles. The van der Waals surface area contributed by atoms with Crippen molar-refractivity contribution < 1.29 is 13.2 Å². The van der Waals surface area contributed by atoms with Crippen molar-refractivity contribution in [1.82, 2.24) is 9.62 Å². The number of piperidine rings is 1. The van der Waals surface area contributed by atoms with E-state index in [9.17, 15) is 13.2 Å². The minimum atomic E-state index is -3.24. The molecular weight excluding hydrogens is 324 g/mol. The second-order valence-corrected chi connectivity index (χ2v) is 8.97. The number of hydrogen-bond acceptors (Lipinski definition) is 3. The Morgan fingerprint density at radius 1 is 1.21 bits per heavy atom. The van der Waals surface area contributed by atoms with Gasteiger partial charge in [0.15, 0.2) is 0 Å². The monoisotopic (exact) mass is 352 g/mol. The second-order valence-electron chi connectivity index (χ2n) is 6.98. The molecule has 0 bridgehead atoms. The number of sulfonamides is 1. The SMILES string of the molecule is Cc1cc(C)c([C@H](C)NC(=O)[C@H]2CCCN(S(C)(=O)=O)C2)cc1C. The zero-order valence-corrected chi connectivity index (χ0v) is 16.0. The van der Waals surface area contributed by atoms with E-state index >= 15 is 0 Å². The quantitative estimate of drug-likeness (QED) is 0.905. The zero-order valence-electron chi connectivity index (χ0n) is 15.2. The van der Waals surface area contributed by atoms with Crippen LogP contribution in [-0.4, -0.2) is 38.0 Å². The van der Waals surface area contributed by atoms with Gasteiger partial charge in [-0.2, -0.15) is 0 Å². The lowest BCUT2D eigenvalue weighted by Gasteiger charge is -2.31. The molecule has 0 saturated carbocycles. The van der Waals surface area contributed by atoms with Crippen molar-refractivity contribution in [2.75, 3.05) is 19.3 Å². The van der Waals surface area contributed by atoms with Crippen molar-refractivity contribution in [2.45, 2.75) is 46.6 Å². The smallest absolute Gasteiger partial charge is 0.224 e. The highest BCUT2D eigenvalue weighted by atomic mass is 32.2. The molecule has 24 heavy (non-hydrogen) atoms. The summed E-state index contributed by atoms with van der Waals surface area (Å²) in [4.78, 5) is 12.6. The molecule has 0 aromatic heterocycles. The van der Waals surface area contributed by atoms with Gasteiger partial charge in [-0.1, -0.05) is 12.1 Å². The molecule has 1 aromatic rings. The Morgan fingerprint density at radius 3 is 2.46 bits per heavy atom. The van der Waals surface area contributed by atoms with E-state index in [0.29, 0.717) is 6.54 Å². The molecule has 1 N–H and O–H groups in total. The molecule has 1 fully saturated rings. The van der Waals surface area contributed by atoms with Crippen molar-refractivity contribution in [3.63, 3.8) is 0 Å². The Hall–Kier alpha value is -1.40. The van der Waals surface area contributed by atoms with Gasteiger partial charge in [0.2, 0.25) is 15.9 Å². The highest BCUT2D eigenvalue weighted by Gasteiger charge is 2.30. The van der Waals surface area contributed by atoms with Gasteiger partial charge in [-0.3, -0.25) is 4.79 Å². The summed E-state index contributed by atoms with van der Waals surface area (Å²) >= 11 is 0. The molecule has 1 amide bonds. The average Bonchev–Trinajstić information content (AvgIpc) is 2.50. The number of carbonyl (C=O) groups is 1. The normalized spacial score (nSPS) is 20.6. The lowest BCUT2D eigenvalue weighted by atomic mass is 9.95. The largest absolute Gasteiger partial charge is 0.349 e. The van der Waals surface area contributed by atoms with Crippen LogP contribution in [0.25, 0.3) is 0 Å². The number of amides is 1. The van der Waals surface area contributed by atoms with Crippen molar-refractivity contribution in [3.05, 3.63) is 34.4 Å². The number of aryl methyl sites for hydroxylation is 3. The van der Waals surface area contributed by atoms with Crippen LogP contribution < -0.4 is 5.32 Å². The molecule has 6 heteroatoms. The van der Waals surface area contributed by atoms with Gasteiger partial charge in [-0.25, -0.2) is 12.7 Å². The average molecular weight is 353 g/mol. The molecule has 0 spiro atoms. The van der Waals surface area contributed by atoms with Gasteiger partial charge in [0.05, 0.1) is 18.2 Å². The molecule has 0 unspecified atom stereocenters. The van der Waals surface area contributed by atoms with Crippen LogP contribution in [0.1, 0.15) is 48.1 Å². The maximum absolute atomic E-state index is 12.6. The molecule has 2 rings (SSSR count). The van der Waals surface area contributed by atoms with E-state index < -0.39 is 10.0 Å². The molecule has 1 aromatic carbocycles. The Morgan fingerprint density at radius 2 is 1.83 bits per heavy atom. The first kappa shape index (κ1) is 18.9. The first-order valence-electron chi connectivity index (χ1n) is 8.43. The highest BCUT2D eigenvalue weighted by Crippen LogP contribution is 2.24. The minimum Gasteiger partial charge on any atom is -0.349 e. The van der Waals surface area contributed by atoms with E-state index in [1.54, 1.807) is 0 Å². The summed E-state index contributed by atoms with van der Waals surface area (Å²) in [5.74, 6) is -0.337. The first-order valence-corrected chi connectivity index (χ1v) is 10.3. The van der Waals surface area contributed by atoms with Crippen molar-refractivity contribution >= 4 is 15.9 Å². The third-order valence-corrected chi connectivity index (χ3v) is 6.20. The molecule has 1 aliphatic heterocycles. The molecule has 5 nitrogen and oxygen atoms in total. The maximum atomic E-state index is 12.6. The van der Waals surface area contributed by atoms with Crippen molar-refractivity contribution in [2.24, 2.45) is 5.92 Å². The fourth-order valence-electron chi connectivity index (χ4n) is 3.32. The van der Waals surface area contributed by atoms with Gasteiger partial charge < -0.3 is 5.32 Å². The Labute approximate surface area is 145 Å². The topological polar surface area (TPSA) is 66.5 Å². The third kappa shape index (κ3) is 4.36. The summed E-state index contributed by atoms with van der Waals surface area (Å²) in [7, 11) is -3.24. The van der Waals surface area contributed by atoms with Crippen LogP contribution in [0.15, 0.2) is 12.1 Å². The first-order chi connectivity index (χ1) is 11.1. The van der Waals surface area contributed by atoms with Crippen LogP contribution in [0.2, 0.25) is 0 Å². The Kier molecular flexibility index (Phi) is 5.71. The number of rotatable bonds is 4. The van der Waals surface area contributed by atoms with Gasteiger partial charge in [-0.05, 0) is 62.8 Å². The van der Waals surface area contributed by atoms with Crippen LogP contribution in [0.3, 0.4) is 0 Å². The van der Waals surface area contributed by atoms with E-state index in [1.165, 1.54) is 21.7 Å². The molecule has 134 valence electrons. The number of carbonyl (C=O) groups excluding carboxylic acids is 1. The van der Waals surface area contributed by atoms with Crippen LogP contribution >= 0.6 is 0 Å². The lowest BCUT2D eigenvalue weighted by molar-refractivity contribution is -0.126. The second kappa shape index (κ2) is 7.23. The van der Waals surface area contributed by atoms with E-state index in [1.807, 2.05) is 6.92 Å². The van der Waals surface area contributed by atoms with Gasteiger partial charge in [0, 0.05) is 13.1 Å². The van der Waals surface area contributed by atoms with Gasteiger partial charge >= 0.3 is 0 Å². The standard InChI is InChI=1S/C18H28N2O3S/c1-12-9-14(3)17(10-13(12)2)15(4)19-18(21)16-7-6-8-20(11-16)24(5,22)23/h9-10,15-16H,6-8,11H2,1-5H3,(H,19,21)/t15-,16-/m0/s1. The van der Waals surface area contributed by atoms with E-state index in [0.717, 1.165) is 24.0 Å². The van der Waals surface area contributed by atoms with Crippen molar-refractivity contribution in [3.8, 4) is 0 Å². The predicted molar refractivity (Wildman–Crippen MR) is 96.4 cm³/mol. The van der Waals surface area contributed by atoms with Crippen molar-refractivity contribution in [1.29, 1.82) is 0 Å². The summed E-state index contributed by atoms with van der Waals surface area (Å²) in [5.41, 5.74) is 4.72. The fraction of sp³-hybridized carbons (Fsp3) is 0.611. The molecule has 0 aliphatic carbocycles. The molecule has 2 atom stereocenters. The van der Waals surface area contributed by atoms with E-state index in [4.69, 9.17) is 0 Å². The Bertz CT molecular complexity index is 728. The molecular formula is C18H28N2O3S. The van der Waals surface area contributed by atoms with Gasteiger partial charge in [-0.15, -0.1) is 0 Å². The van der Waals surface area contributed by atoms with Crippen LogP contribution in [0, 0.1) is 26.7 Å². The minimum absolute atomic E-state index is 0.0616. The van der Waals surface area contributed by atoms with Crippen LogP contribution in [0.4, 0.5) is 0 Å². The summed E-state index contributed by atoms with van der Waals surface area (Å²) < 4.78 is 24.8. The summed E-state index contributed by atoms with van der Waals surface area (Å²) in [6.07, 6.45) is 2.66. The predicted octanol–water partition coefficient (Wildman–Crippen LogP) is 2.46. The molecule has 1 saturated heterocycles. The summed E-state index contributed by atoms with van der Waals surface area (Å²) in [6.45, 7) is 8.97. The third-order valence-electron chi connectivity index (χ3n) is 4.93. The van der Waals surface area contributed by atoms with E-state index in [2.05, 4.69) is 38.2 Å². The summed E-state index contributed by atoms with van der Waals surface area (Å²) in [5, 5.41) is 3.06. The van der Waals surface area contributed by atoms with Gasteiger partial charge in [0.1, 0.15) is 0 Å². The molecule has 1 aliphatic rings.